The number of fused-ring (bicyclic) bond motifs is 2. The van der Waals surface area contributed by atoms with Crippen LogP contribution in [0.3, 0.4) is 0 Å². The second kappa shape index (κ2) is 6.83. The van der Waals surface area contributed by atoms with Crippen molar-refractivity contribution in [3.8, 4) is 5.82 Å². The largest absolute Gasteiger partial charge is 0.349 e. The van der Waals surface area contributed by atoms with Crippen molar-refractivity contribution >= 4 is 5.91 Å². The van der Waals surface area contributed by atoms with Gasteiger partial charge in [-0.15, -0.1) is 0 Å². The topological polar surface area (TPSA) is 85.8 Å². The highest BCUT2D eigenvalue weighted by Crippen LogP contribution is 2.39. The molecule has 2 aromatic rings. The second-order valence-corrected chi connectivity index (χ2v) is 7.93. The second-order valence-electron chi connectivity index (χ2n) is 7.93. The first-order chi connectivity index (χ1) is 12.5. The fraction of sp³-hybridized carbons (Fsp3) is 0.550. The van der Waals surface area contributed by atoms with Crippen LogP contribution < -0.4 is 11.1 Å². The Morgan fingerprint density at radius 3 is 2.54 bits per heavy atom. The molecule has 2 unspecified atom stereocenters. The van der Waals surface area contributed by atoms with Gasteiger partial charge in [0.1, 0.15) is 0 Å². The molecule has 4 rings (SSSR count). The predicted molar refractivity (Wildman–Crippen MR) is 100 cm³/mol. The van der Waals surface area contributed by atoms with E-state index in [4.69, 9.17) is 5.73 Å². The van der Waals surface area contributed by atoms with Gasteiger partial charge in [-0.3, -0.25) is 4.79 Å². The van der Waals surface area contributed by atoms with Crippen LogP contribution in [0.15, 0.2) is 24.4 Å². The fourth-order valence-corrected chi connectivity index (χ4v) is 4.77. The summed E-state index contributed by atoms with van der Waals surface area (Å²) >= 11 is 0. The molecule has 0 spiro atoms. The van der Waals surface area contributed by atoms with Crippen LogP contribution >= 0.6 is 0 Å². The number of carbonyl (C=O) groups is 1. The van der Waals surface area contributed by atoms with Gasteiger partial charge in [0.25, 0.3) is 5.91 Å². The third-order valence-corrected chi connectivity index (χ3v) is 5.91. The van der Waals surface area contributed by atoms with E-state index >= 15 is 0 Å². The Hall–Kier alpha value is -2.21. The molecule has 0 aromatic carbocycles. The third kappa shape index (κ3) is 3.26. The molecular weight excluding hydrogens is 326 g/mol. The number of aryl methyl sites for hydroxylation is 2. The Labute approximate surface area is 154 Å². The molecule has 2 atom stereocenters. The van der Waals surface area contributed by atoms with Crippen LogP contribution in [-0.2, 0) is 0 Å². The van der Waals surface area contributed by atoms with E-state index in [9.17, 15) is 4.79 Å². The molecule has 6 nitrogen and oxygen atoms in total. The average molecular weight is 353 g/mol. The molecule has 0 radical (unpaired) electrons. The molecule has 2 aliphatic carbocycles. The Bertz CT molecular complexity index is 783. The van der Waals surface area contributed by atoms with E-state index in [-0.39, 0.29) is 11.9 Å². The molecule has 2 aromatic heterocycles. The Morgan fingerprint density at radius 1 is 1.23 bits per heavy atom. The van der Waals surface area contributed by atoms with Crippen molar-refractivity contribution in [2.75, 3.05) is 0 Å². The number of aromatic nitrogens is 3. The number of amides is 1. The zero-order chi connectivity index (χ0) is 18.3. The first-order valence-corrected chi connectivity index (χ1v) is 9.57. The normalized spacial score (nSPS) is 28.0. The maximum atomic E-state index is 12.7. The number of carbonyl (C=O) groups excluding carboxylic acids is 1. The van der Waals surface area contributed by atoms with Crippen LogP contribution in [0.2, 0.25) is 0 Å². The SMILES string of the molecule is Cc1cc(C)n(-c2ccc(C(=O)NC3C4CCCC3CC(N)C4)cn2)n1. The van der Waals surface area contributed by atoms with E-state index in [2.05, 4.69) is 15.4 Å². The van der Waals surface area contributed by atoms with Crippen LogP contribution in [0, 0.1) is 25.7 Å². The fourth-order valence-electron chi connectivity index (χ4n) is 4.77. The zero-order valence-electron chi connectivity index (χ0n) is 15.5. The summed E-state index contributed by atoms with van der Waals surface area (Å²) in [4.78, 5) is 17.2. The summed E-state index contributed by atoms with van der Waals surface area (Å²) < 4.78 is 1.80. The molecule has 3 N–H and O–H groups in total. The van der Waals surface area contributed by atoms with Crippen molar-refractivity contribution in [2.24, 2.45) is 17.6 Å². The van der Waals surface area contributed by atoms with E-state index in [1.165, 1.54) is 19.3 Å². The van der Waals surface area contributed by atoms with Crippen molar-refractivity contribution in [1.82, 2.24) is 20.1 Å². The van der Waals surface area contributed by atoms with Gasteiger partial charge in [-0.1, -0.05) is 6.42 Å². The van der Waals surface area contributed by atoms with Crippen molar-refractivity contribution in [1.29, 1.82) is 0 Å². The maximum absolute atomic E-state index is 12.7. The minimum atomic E-state index is -0.0326. The van der Waals surface area contributed by atoms with Gasteiger partial charge in [-0.05, 0) is 69.6 Å². The van der Waals surface area contributed by atoms with Gasteiger partial charge in [0.2, 0.25) is 0 Å². The monoisotopic (exact) mass is 353 g/mol. The van der Waals surface area contributed by atoms with Gasteiger partial charge in [0.05, 0.1) is 11.3 Å². The summed E-state index contributed by atoms with van der Waals surface area (Å²) in [6.45, 7) is 3.95. The highest BCUT2D eigenvalue weighted by molar-refractivity contribution is 5.94. The molecular formula is C20H27N5O. The van der Waals surface area contributed by atoms with E-state index in [0.717, 1.165) is 30.0 Å². The number of pyridine rings is 1. The highest BCUT2D eigenvalue weighted by Gasteiger charge is 2.39. The minimum absolute atomic E-state index is 0.0326. The van der Waals surface area contributed by atoms with Crippen LogP contribution in [0.4, 0.5) is 0 Å². The van der Waals surface area contributed by atoms with Crippen molar-refractivity contribution in [3.05, 3.63) is 41.3 Å². The molecule has 6 heteroatoms. The molecule has 2 heterocycles. The molecule has 1 amide bonds. The summed E-state index contributed by atoms with van der Waals surface area (Å²) in [6, 6.07) is 6.24. The molecule has 2 bridgehead atoms. The first-order valence-electron chi connectivity index (χ1n) is 9.57. The van der Waals surface area contributed by atoms with Gasteiger partial charge in [-0.25, -0.2) is 9.67 Å². The number of rotatable bonds is 3. The first kappa shape index (κ1) is 17.2. The lowest BCUT2D eigenvalue weighted by Crippen LogP contribution is -2.53. The molecule has 0 saturated heterocycles. The predicted octanol–water partition coefficient (Wildman–Crippen LogP) is 2.52. The zero-order valence-corrected chi connectivity index (χ0v) is 15.5. The Balaban J connectivity index is 1.48. The van der Waals surface area contributed by atoms with Gasteiger partial charge >= 0.3 is 0 Å². The summed E-state index contributed by atoms with van der Waals surface area (Å²) in [6.07, 6.45) is 7.29. The summed E-state index contributed by atoms with van der Waals surface area (Å²) in [5, 5.41) is 7.71. The number of nitrogens with two attached hydrogens (primary N) is 1. The van der Waals surface area contributed by atoms with Crippen LogP contribution in [0.5, 0.6) is 0 Å². The molecule has 26 heavy (non-hydrogen) atoms. The number of hydrogen-bond acceptors (Lipinski definition) is 4. The lowest BCUT2D eigenvalue weighted by atomic mass is 9.67. The summed E-state index contributed by atoms with van der Waals surface area (Å²) in [5.41, 5.74) is 8.76. The standard InChI is InChI=1S/C20H27N5O/c1-12-8-13(2)25(24-12)18-7-6-16(11-22-18)20(26)23-19-14-4-3-5-15(19)10-17(21)9-14/h6-8,11,14-15,17,19H,3-5,9-10,21H2,1-2H3,(H,23,26). The molecule has 138 valence electrons. The van der Waals surface area contributed by atoms with E-state index < -0.39 is 0 Å². The molecule has 2 aliphatic rings. The van der Waals surface area contributed by atoms with Crippen LogP contribution in [0.1, 0.15) is 53.8 Å². The van der Waals surface area contributed by atoms with Crippen LogP contribution in [-0.4, -0.2) is 32.8 Å². The molecule has 2 fully saturated rings. The van der Waals surface area contributed by atoms with Crippen LogP contribution in [0.25, 0.3) is 5.82 Å². The minimum Gasteiger partial charge on any atom is -0.349 e. The molecule has 0 aliphatic heterocycles. The van der Waals surface area contributed by atoms with E-state index in [0.29, 0.717) is 23.4 Å². The Morgan fingerprint density at radius 2 is 1.96 bits per heavy atom. The summed E-state index contributed by atoms with van der Waals surface area (Å²) in [7, 11) is 0. The number of nitrogens with zero attached hydrogens (tertiary/aromatic N) is 3. The number of nitrogens with one attached hydrogen (secondary N) is 1. The average Bonchev–Trinajstić information content (AvgIpc) is 2.94. The van der Waals surface area contributed by atoms with E-state index in [1.54, 1.807) is 10.9 Å². The number of hydrogen-bond donors (Lipinski definition) is 2. The van der Waals surface area contributed by atoms with Crippen molar-refractivity contribution in [2.45, 2.75) is 58.0 Å². The highest BCUT2D eigenvalue weighted by atomic mass is 16.1. The van der Waals surface area contributed by atoms with Gasteiger partial charge in [-0.2, -0.15) is 5.10 Å². The van der Waals surface area contributed by atoms with Gasteiger partial charge < -0.3 is 11.1 Å². The maximum Gasteiger partial charge on any atom is 0.253 e. The van der Waals surface area contributed by atoms with Gasteiger partial charge in [0, 0.05) is 24.0 Å². The van der Waals surface area contributed by atoms with Crippen molar-refractivity contribution in [3.63, 3.8) is 0 Å². The molecule has 2 saturated carbocycles. The quantitative estimate of drug-likeness (QED) is 0.888. The lowest BCUT2D eigenvalue weighted by molar-refractivity contribution is 0.0755. The lowest BCUT2D eigenvalue weighted by Gasteiger charge is -2.45. The summed E-state index contributed by atoms with van der Waals surface area (Å²) in [5.74, 6) is 1.73. The smallest absolute Gasteiger partial charge is 0.253 e. The third-order valence-electron chi connectivity index (χ3n) is 5.91. The van der Waals surface area contributed by atoms with Gasteiger partial charge in [0.15, 0.2) is 5.82 Å². The van der Waals surface area contributed by atoms with Crippen molar-refractivity contribution < 1.29 is 4.79 Å². The van der Waals surface area contributed by atoms with E-state index in [1.807, 2.05) is 32.0 Å². The Kier molecular flexibility index (Phi) is 4.53.